The van der Waals surface area contributed by atoms with Crippen LogP contribution in [0, 0.1) is 17.3 Å². The van der Waals surface area contributed by atoms with Gasteiger partial charge >= 0.3 is 12.1 Å². The number of carbonyl (C=O) groups is 1. The van der Waals surface area contributed by atoms with Crippen LogP contribution in [0.1, 0.15) is 68.9 Å². The number of fused-ring (bicyclic) bond motifs is 4. The first-order valence-corrected chi connectivity index (χ1v) is 15.2. The highest BCUT2D eigenvalue weighted by Crippen LogP contribution is 2.70. The van der Waals surface area contributed by atoms with Crippen LogP contribution in [0.3, 0.4) is 0 Å². The molecule has 0 aromatic heterocycles. The normalized spacial score (nSPS) is 31.8. The van der Waals surface area contributed by atoms with E-state index in [0.717, 1.165) is 32.9 Å². The number of allylic oxidation sites excluding steroid dienone is 4. The third kappa shape index (κ3) is 4.51. The molecule has 0 unspecified atom stereocenters. The van der Waals surface area contributed by atoms with Crippen molar-refractivity contribution in [2.45, 2.75) is 86.1 Å². The second kappa shape index (κ2) is 10.1. The van der Waals surface area contributed by atoms with Crippen LogP contribution in [0.25, 0.3) is 0 Å². The number of rotatable bonds is 5. The maximum atomic E-state index is 15.1. The van der Waals surface area contributed by atoms with E-state index in [0.29, 0.717) is 25.7 Å². The van der Waals surface area contributed by atoms with Crippen molar-refractivity contribution in [2.75, 3.05) is 0 Å². The van der Waals surface area contributed by atoms with Gasteiger partial charge in [-0.2, -0.15) is 22.0 Å². The SMILES string of the molecule is C[C@]12C[C@H](c3ccc(SCc4ccccc4)cc3)C3=C4CCC(=O)C=C4CC[C@H]3[C@@H]1CC[C@@]2(O)C(F)(F)C(F)(F)F. The van der Waals surface area contributed by atoms with Crippen LogP contribution in [0.2, 0.25) is 0 Å². The Morgan fingerprint density at radius 3 is 2.34 bits per heavy atom. The minimum atomic E-state index is -5.85. The fourth-order valence-corrected chi connectivity index (χ4v) is 9.11. The maximum Gasteiger partial charge on any atom is 0.456 e. The minimum absolute atomic E-state index is 0.00704. The number of thioether (sulfide) groups is 1. The van der Waals surface area contributed by atoms with E-state index in [4.69, 9.17) is 0 Å². The summed E-state index contributed by atoms with van der Waals surface area (Å²) in [7, 11) is 0. The first-order chi connectivity index (χ1) is 19.4. The van der Waals surface area contributed by atoms with Gasteiger partial charge in [0.2, 0.25) is 0 Å². The number of carbonyl (C=O) groups excluding carboxylic acids is 1. The first-order valence-electron chi connectivity index (χ1n) is 14.3. The molecule has 0 saturated heterocycles. The van der Waals surface area contributed by atoms with Gasteiger partial charge in [-0.05, 0) is 90.8 Å². The standard InChI is InChI=1S/C33H33F5O2S/c1-30-18-27(21-7-11-24(12-8-21)41-19-20-5-3-2-4-6-20)29-25-14-10-23(39)17-22(25)9-13-26(29)28(30)15-16-31(30,40)32(34,35)33(36,37)38/h2-8,11-12,17,26-28,40H,9-10,13-16,18-19H2,1H3/t26-,27+,28-,30-,31-/m0/s1. The molecule has 0 amide bonds. The first kappa shape index (κ1) is 28.7. The molecule has 0 aliphatic heterocycles. The van der Waals surface area contributed by atoms with Gasteiger partial charge in [-0.25, -0.2) is 0 Å². The van der Waals surface area contributed by atoms with Gasteiger partial charge in [-0.3, -0.25) is 4.79 Å². The summed E-state index contributed by atoms with van der Waals surface area (Å²) in [5.74, 6) is -5.52. The molecule has 6 rings (SSSR count). The van der Waals surface area contributed by atoms with Crippen LogP contribution in [-0.4, -0.2) is 28.6 Å². The van der Waals surface area contributed by atoms with Crippen molar-refractivity contribution in [1.29, 1.82) is 0 Å². The van der Waals surface area contributed by atoms with Crippen molar-refractivity contribution in [3.63, 3.8) is 0 Å². The summed E-state index contributed by atoms with van der Waals surface area (Å²) < 4.78 is 71.5. The van der Waals surface area contributed by atoms with Gasteiger partial charge in [-0.15, -0.1) is 11.8 Å². The highest BCUT2D eigenvalue weighted by molar-refractivity contribution is 7.98. The van der Waals surface area contributed by atoms with E-state index in [1.165, 1.54) is 12.5 Å². The molecule has 0 heterocycles. The molecule has 4 aliphatic carbocycles. The predicted octanol–water partition coefficient (Wildman–Crippen LogP) is 8.81. The average molecular weight is 589 g/mol. The molecule has 41 heavy (non-hydrogen) atoms. The van der Waals surface area contributed by atoms with Crippen molar-refractivity contribution in [2.24, 2.45) is 17.3 Å². The summed E-state index contributed by atoms with van der Waals surface area (Å²) in [6, 6.07) is 17.9. The van der Waals surface area contributed by atoms with Crippen LogP contribution in [0.5, 0.6) is 0 Å². The summed E-state index contributed by atoms with van der Waals surface area (Å²) in [6.45, 7) is 1.46. The Bertz CT molecular complexity index is 1400. The summed E-state index contributed by atoms with van der Waals surface area (Å²) in [5, 5.41) is 11.4. The zero-order chi connectivity index (χ0) is 29.2. The summed E-state index contributed by atoms with van der Waals surface area (Å²) in [5.41, 5.74) is 0.338. The van der Waals surface area contributed by atoms with Crippen LogP contribution in [0.15, 0.2) is 82.3 Å². The third-order valence-corrected chi connectivity index (χ3v) is 11.4. The van der Waals surface area contributed by atoms with Gasteiger partial charge in [0.25, 0.3) is 0 Å². The molecule has 0 bridgehead atoms. The van der Waals surface area contributed by atoms with Gasteiger partial charge in [0.05, 0.1) is 0 Å². The summed E-state index contributed by atoms with van der Waals surface area (Å²) >= 11 is 1.67. The lowest BCUT2D eigenvalue weighted by Crippen LogP contribution is -2.65. The molecular formula is C33H33F5O2S. The lowest BCUT2D eigenvalue weighted by atomic mass is 9.50. The highest BCUT2D eigenvalue weighted by atomic mass is 32.2. The Morgan fingerprint density at radius 2 is 1.66 bits per heavy atom. The fraction of sp³-hybridized carbons (Fsp3) is 0.485. The highest BCUT2D eigenvalue weighted by Gasteiger charge is 2.79. The van der Waals surface area contributed by atoms with E-state index >= 15 is 8.78 Å². The molecule has 2 aromatic carbocycles. The largest absolute Gasteiger partial charge is 0.456 e. The average Bonchev–Trinajstić information content (AvgIpc) is 3.23. The van der Waals surface area contributed by atoms with E-state index in [9.17, 15) is 23.1 Å². The third-order valence-electron chi connectivity index (χ3n) is 10.3. The Morgan fingerprint density at radius 1 is 0.951 bits per heavy atom. The van der Waals surface area contributed by atoms with Gasteiger partial charge in [-0.1, -0.05) is 55.0 Å². The zero-order valence-electron chi connectivity index (χ0n) is 22.8. The van der Waals surface area contributed by atoms with Crippen LogP contribution in [0.4, 0.5) is 22.0 Å². The molecule has 218 valence electrons. The smallest absolute Gasteiger partial charge is 0.383 e. The molecule has 0 spiro atoms. The topological polar surface area (TPSA) is 37.3 Å². The molecule has 2 aromatic rings. The molecule has 2 saturated carbocycles. The predicted molar refractivity (Wildman–Crippen MR) is 149 cm³/mol. The maximum absolute atomic E-state index is 15.1. The Hall–Kier alpha value is -2.45. The molecule has 5 atom stereocenters. The quantitative estimate of drug-likeness (QED) is 0.280. The lowest BCUT2D eigenvalue weighted by molar-refractivity contribution is -0.362. The van der Waals surface area contributed by atoms with Crippen molar-refractivity contribution in [1.82, 2.24) is 0 Å². The molecule has 4 aliphatic rings. The molecule has 2 fully saturated rings. The lowest BCUT2D eigenvalue weighted by Gasteiger charge is -2.56. The molecule has 0 radical (unpaired) electrons. The number of halogens is 5. The van der Waals surface area contributed by atoms with Gasteiger partial charge < -0.3 is 5.11 Å². The van der Waals surface area contributed by atoms with Gasteiger partial charge in [0.1, 0.15) is 5.60 Å². The monoisotopic (exact) mass is 588 g/mol. The van der Waals surface area contributed by atoms with Crippen LogP contribution < -0.4 is 0 Å². The fourth-order valence-electron chi connectivity index (χ4n) is 8.25. The Kier molecular flexibility index (Phi) is 7.04. The number of aliphatic hydroxyl groups is 1. The summed E-state index contributed by atoms with van der Waals surface area (Å²) in [6.07, 6.45) is -2.55. The number of ketones is 1. The molecule has 1 N–H and O–H groups in total. The van der Waals surface area contributed by atoms with Crippen molar-refractivity contribution < 1.29 is 31.9 Å². The van der Waals surface area contributed by atoms with Crippen LogP contribution in [-0.2, 0) is 10.5 Å². The minimum Gasteiger partial charge on any atom is -0.383 e. The van der Waals surface area contributed by atoms with E-state index in [2.05, 4.69) is 12.1 Å². The van der Waals surface area contributed by atoms with E-state index in [1.54, 1.807) is 17.8 Å². The number of hydrogen-bond acceptors (Lipinski definition) is 3. The molecule has 2 nitrogen and oxygen atoms in total. The molecular weight excluding hydrogens is 555 g/mol. The number of benzene rings is 2. The van der Waals surface area contributed by atoms with Gasteiger partial charge in [0.15, 0.2) is 5.78 Å². The second-order valence-electron chi connectivity index (χ2n) is 12.3. The number of alkyl halides is 5. The Balaban J connectivity index is 1.41. The van der Waals surface area contributed by atoms with Crippen molar-refractivity contribution in [3.8, 4) is 0 Å². The number of hydrogen-bond donors (Lipinski definition) is 1. The zero-order valence-corrected chi connectivity index (χ0v) is 23.6. The van der Waals surface area contributed by atoms with Gasteiger partial charge in [0, 0.05) is 28.4 Å². The molecule has 8 heteroatoms. The second-order valence-corrected chi connectivity index (χ2v) is 13.4. The van der Waals surface area contributed by atoms with Crippen molar-refractivity contribution >= 4 is 17.5 Å². The van der Waals surface area contributed by atoms with E-state index < -0.39 is 41.4 Å². The van der Waals surface area contributed by atoms with E-state index in [-0.39, 0.29) is 24.5 Å². The summed E-state index contributed by atoms with van der Waals surface area (Å²) in [4.78, 5) is 13.3. The van der Waals surface area contributed by atoms with Crippen molar-refractivity contribution in [3.05, 3.63) is 88.5 Å². The van der Waals surface area contributed by atoms with E-state index in [1.807, 2.05) is 42.5 Å². The van der Waals surface area contributed by atoms with Crippen LogP contribution >= 0.6 is 11.8 Å². The Labute approximate surface area is 241 Å².